The third-order valence-electron chi connectivity index (χ3n) is 4.03. The number of nitrogens with two attached hydrogens (primary N) is 1. The first kappa shape index (κ1) is 20.1. The van der Waals surface area contributed by atoms with E-state index in [9.17, 15) is 14.4 Å². The molecule has 0 aromatic heterocycles. The lowest BCUT2D eigenvalue weighted by Crippen LogP contribution is -2.53. The molecule has 2 rings (SSSR count). The van der Waals surface area contributed by atoms with Crippen LogP contribution in [-0.2, 0) is 4.79 Å². The Morgan fingerprint density at radius 3 is 2.04 bits per heavy atom. The lowest BCUT2D eigenvalue weighted by molar-refractivity contribution is -0.126. The Morgan fingerprint density at radius 1 is 1.12 bits per heavy atom. The van der Waals surface area contributed by atoms with Gasteiger partial charge in [0.05, 0.1) is 11.1 Å². The number of nitrogens with one attached hydrogen (secondary N) is 1. The molecule has 1 heterocycles. The van der Waals surface area contributed by atoms with Gasteiger partial charge in [0.2, 0.25) is 5.91 Å². The summed E-state index contributed by atoms with van der Waals surface area (Å²) in [4.78, 5) is 38.7. The summed E-state index contributed by atoms with van der Waals surface area (Å²) in [5, 5.41) is 2.79. The number of hydrogen-bond acceptors (Lipinski definition) is 4. The van der Waals surface area contributed by atoms with Crippen LogP contribution in [0, 0.1) is 11.8 Å². The number of amides is 3. The number of carbonyl (C=O) groups excluding carboxylic acids is 3. The molecule has 2 unspecified atom stereocenters. The molecule has 0 saturated carbocycles. The van der Waals surface area contributed by atoms with Crippen LogP contribution in [0.15, 0.2) is 24.3 Å². The molecule has 0 fully saturated rings. The van der Waals surface area contributed by atoms with Gasteiger partial charge in [-0.25, -0.2) is 0 Å². The molecule has 24 heavy (non-hydrogen) atoms. The average Bonchev–Trinajstić information content (AvgIpc) is 2.78. The maximum atomic E-state index is 12.6. The van der Waals surface area contributed by atoms with Crippen LogP contribution in [0.4, 0.5) is 0 Å². The molecule has 6 nitrogen and oxygen atoms in total. The van der Waals surface area contributed by atoms with E-state index in [0.29, 0.717) is 24.2 Å². The molecule has 3 amide bonds. The zero-order valence-electron chi connectivity index (χ0n) is 14.1. The van der Waals surface area contributed by atoms with E-state index < -0.39 is 17.9 Å². The Labute approximate surface area is 148 Å². The van der Waals surface area contributed by atoms with Crippen LogP contribution in [-0.4, -0.2) is 41.8 Å². The first-order chi connectivity index (χ1) is 10.9. The minimum atomic E-state index is -0.827. The molecule has 0 aliphatic carbocycles. The van der Waals surface area contributed by atoms with Crippen LogP contribution in [0.25, 0.3) is 0 Å². The second-order valence-corrected chi connectivity index (χ2v) is 6.30. The van der Waals surface area contributed by atoms with Crippen molar-refractivity contribution < 1.29 is 14.4 Å². The number of hydrogen-bond donors (Lipinski definition) is 2. The van der Waals surface area contributed by atoms with E-state index >= 15 is 0 Å². The molecule has 132 valence electrons. The maximum absolute atomic E-state index is 12.6. The van der Waals surface area contributed by atoms with Gasteiger partial charge in [-0.2, -0.15) is 0 Å². The predicted molar refractivity (Wildman–Crippen MR) is 94.0 cm³/mol. The fourth-order valence-corrected chi connectivity index (χ4v) is 2.64. The van der Waals surface area contributed by atoms with Gasteiger partial charge >= 0.3 is 0 Å². The van der Waals surface area contributed by atoms with Gasteiger partial charge in [0, 0.05) is 6.54 Å². The topological polar surface area (TPSA) is 92.5 Å². The second-order valence-electron chi connectivity index (χ2n) is 6.30. The molecular weight excluding hydrogens is 330 g/mol. The second kappa shape index (κ2) is 8.26. The van der Waals surface area contributed by atoms with E-state index in [0.717, 1.165) is 4.90 Å². The van der Waals surface area contributed by atoms with Crippen molar-refractivity contribution in [3.63, 3.8) is 0 Å². The first-order valence-corrected chi connectivity index (χ1v) is 7.83. The fourth-order valence-electron chi connectivity index (χ4n) is 2.64. The average molecular weight is 354 g/mol. The van der Waals surface area contributed by atoms with E-state index in [4.69, 9.17) is 5.73 Å². The highest BCUT2D eigenvalue weighted by atomic mass is 35.5. The van der Waals surface area contributed by atoms with Crippen LogP contribution in [0.1, 0.15) is 41.5 Å². The van der Waals surface area contributed by atoms with E-state index in [1.165, 1.54) is 0 Å². The Kier molecular flexibility index (Phi) is 6.93. The highest BCUT2D eigenvalue weighted by Crippen LogP contribution is 2.27. The quantitative estimate of drug-likeness (QED) is 0.757. The molecule has 1 aliphatic rings. The van der Waals surface area contributed by atoms with Gasteiger partial charge in [-0.15, -0.1) is 12.4 Å². The SMILES string of the molecule is CC(CN)CNC(=O)C(C(C)C)N1C(=O)c2ccccc2C1=O.Cl. The lowest BCUT2D eigenvalue weighted by atomic mass is 10.0. The van der Waals surface area contributed by atoms with Crippen molar-refractivity contribution in [2.45, 2.75) is 26.8 Å². The summed E-state index contributed by atoms with van der Waals surface area (Å²) in [6, 6.07) is 5.82. The molecular formula is C17H24ClN3O3. The van der Waals surface area contributed by atoms with E-state index in [1.807, 2.05) is 20.8 Å². The number of imide groups is 1. The first-order valence-electron chi connectivity index (χ1n) is 7.83. The third-order valence-corrected chi connectivity index (χ3v) is 4.03. The van der Waals surface area contributed by atoms with Crippen molar-refractivity contribution >= 4 is 30.1 Å². The summed E-state index contributed by atoms with van der Waals surface area (Å²) in [5.74, 6) is -1.20. The maximum Gasteiger partial charge on any atom is 0.262 e. The minimum absolute atomic E-state index is 0. The monoisotopic (exact) mass is 353 g/mol. The number of carbonyl (C=O) groups is 3. The van der Waals surface area contributed by atoms with Gasteiger partial charge in [0.25, 0.3) is 11.8 Å². The van der Waals surface area contributed by atoms with Gasteiger partial charge < -0.3 is 11.1 Å². The number of fused-ring (bicyclic) bond motifs is 1. The van der Waals surface area contributed by atoms with Crippen LogP contribution in [0.2, 0.25) is 0 Å². The Morgan fingerprint density at radius 2 is 1.62 bits per heavy atom. The predicted octanol–water partition coefficient (Wildman–Crippen LogP) is 1.44. The summed E-state index contributed by atoms with van der Waals surface area (Å²) < 4.78 is 0. The molecule has 2 atom stereocenters. The van der Waals surface area contributed by atoms with Crippen LogP contribution in [0.3, 0.4) is 0 Å². The van der Waals surface area contributed by atoms with Gasteiger partial charge in [0.1, 0.15) is 6.04 Å². The van der Waals surface area contributed by atoms with Gasteiger partial charge in [-0.3, -0.25) is 19.3 Å². The van der Waals surface area contributed by atoms with Gasteiger partial charge in [-0.05, 0) is 30.5 Å². The van der Waals surface area contributed by atoms with Gasteiger partial charge in [0.15, 0.2) is 0 Å². The number of benzene rings is 1. The van der Waals surface area contributed by atoms with Gasteiger partial charge in [-0.1, -0.05) is 32.9 Å². The summed E-state index contributed by atoms with van der Waals surface area (Å²) in [6.07, 6.45) is 0. The molecule has 1 aliphatic heterocycles. The van der Waals surface area contributed by atoms with E-state index in [1.54, 1.807) is 24.3 Å². The normalized spacial score (nSPS) is 15.8. The molecule has 7 heteroatoms. The number of nitrogens with zero attached hydrogens (tertiary/aromatic N) is 1. The van der Waals surface area contributed by atoms with Crippen molar-refractivity contribution in [2.24, 2.45) is 17.6 Å². The van der Waals surface area contributed by atoms with Crippen molar-refractivity contribution in [2.75, 3.05) is 13.1 Å². The van der Waals surface area contributed by atoms with Crippen molar-refractivity contribution in [1.29, 1.82) is 0 Å². The van der Waals surface area contributed by atoms with Crippen molar-refractivity contribution in [3.05, 3.63) is 35.4 Å². The zero-order chi connectivity index (χ0) is 17.1. The summed E-state index contributed by atoms with van der Waals surface area (Å²) >= 11 is 0. The lowest BCUT2D eigenvalue weighted by Gasteiger charge is -2.28. The number of halogens is 1. The van der Waals surface area contributed by atoms with Crippen molar-refractivity contribution in [1.82, 2.24) is 10.2 Å². The molecule has 0 radical (unpaired) electrons. The van der Waals surface area contributed by atoms with Crippen molar-refractivity contribution in [3.8, 4) is 0 Å². The largest absolute Gasteiger partial charge is 0.354 e. The smallest absolute Gasteiger partial charge is 0.262 e. The summed E-state index contributed by atoms with van der Waals surface area (Å²) in [6.45, 7) is 6.44. The molecule has 0 bridgehead atoms. The van der Waals surface area contributed by atoms with Crippen LogP contribution < -0.4 is 11.1 Å². The standard InChI is InChI=1S/C17H23N3O3.ClH/c1-10(2)14(15(21)19-9-11(3)8-18)20-16(22)12-6-4-5-7-13(12)17(20)23;/h4-7,10-11,14H,8-9,18H2,1-3H3,(H,19,21);1H. The molecule has 0 saturated heterocycles. The highest BCUT2D eigenvalue weighted by molar-refractivity contribution is 6.22. The fraction of sp³-hybridized carbons (Fsp3) is 0.471. The van der Waals surface area contributed by atoms with E-state index in [-0.39, 0.29) is 30.2 Å². The Balaban J connectivity index is 0.00000288. The van der Waals surface area contributed by atoms with Crippen LogP contribution in [0.5, 0.6) is 0 Å². The molecule has 1 aromatic rings. The third kappa shape index (κ3) is 3.76. The Bertz CT molecular complexity index is 598. The highest BCUT2D eigenvalue weighted by Gasteiger charge is 2.43. The minimum Gasteiger partial charge on any atom is -0.354 e. The Hall–Kier alpha value is -1.92. The molecule has 3 N–H and O–H groups in total. The van der Waals surface area contributed by atoms with Crippen LogP contribution >= 0.6 is 12.4 Å². The zero-order valence-corrected chi connectivity index (χ0v) is 14.9. The summed E-state index contributed by atoms with van der Waals surface area (Å²) in [7, 11) is 0. The van der Waals surface area contributed by atoms with E-state index in [2.05, 4.69) is 5.32 Å². The molecule has 1 aromatic carbocycles. The molecule has 0 spiro atoms. The number of rotatable bonds is 6. The summed E-state index contributed by atoms with van der Waals surface area (Å²) in [5.41, 5.74) is 6.25.